The van der Waals surface area contributed by atoms with E-state index >= 15 is 0 Å². The number of hydrogen-bond donors (Lipinski definition) is 2. The van der Waals surface area contributed by atoms with Crippen LogP contribution in [0.3, 0.4) is 0 Å². The van der Waals surface area contributed by atoms with Gasteiger partial charge in [-0.05, 0) is 55.3 Å². The Morgan fingerprint density at radius 2 is 1.89 bits per heavy atom. The quantitative estimate of drug-likeness (QED) is 0.729. The fourth-order valence-electron chi connectivity index (χ4n) is 3.15. The number of amides is 1. The van der Waals surface area contributed by atoms with Crippen molar-refractivity contribution in [2.75, 3.05) is 6.54 Å². The summed E-state index contributed by atoms with van der Waals surface area (Å²) in [4.78, 5) is 14.5. The number of halogens is 3. The molecule has 1 unspecified atom stereocenters. The zero-order valence-electron chi connectivity index (χ0n) is 14.6. The Hall–Kier alpha value is -2.37. The van der Waals surface area contributed by atoms with E-state index < -0.39 is 6.04 Å². The monoisotopic (exact) mass is 405 g/mol. The van der Waals surface area contributed by atoms with E-state index in [0.29, 0.717) is 40.4 Å². The van der Waals surface area contributed by atoms with Gasteiger partial charge in [-0.2, -0.15) is 0 Å². The molecule has 2 aromatic rings. The Morgan fingerprint density at radius 3 is 2.56 bits per heavy atom. The van der Waals surface area contributed by atoms with Crippen LogP contribution >= 0.6 is 23.2 Å². The van der Waals surface area contributed by atoms with Gasteiger partial charge in [-0.15, -0.1) is 0 Å². The lowest BCUT2D eigenvalue weighted by Gasteiger charge is -2.36. The number of carbonyl (C=O) groups excluding carboxylic acids is 1. The summed E-state index contributed by atoms with van der Waals surface area (Å²) >= 11 is 12.2. The summed E-state index contributed by atoms with van der Waals surface area (Å²) in [6, 6.07) is 10.2. The van der Waals surface area contributed by atoms with Crippen molar-refractivity contribution >= 4 is 34.8 Å². The smallest absolute Gasteiger partial charge is 0.255 e. The zero-order chi connectivity index (χ0) is 19.7. The lowest BCUT2D eigenvalue weighted by Crippen LogP contribution is -2.46. The van der Waals surface area contributed by atoms with Crippen LogP contribution in [0.2, 0.25) is 10.0 Å². The minimum Gasteiger partial charge on any atom is -0.400 e. The van der Waals surface area contributed by atoms with Crippen LogP contribution in [0.4, 0.5) is 4.39 Å². The lowest BCUT2D eigenvalue weighted by molar-refractivity contribution is 0.0707. The molecule has 0 radical (unpaired) electrons. The molecule has 140 valence electrons. The van der Waals surface area contributed by atoms with Gasteiger partial charge in [-0.1, -0.05) is 29.3 Å². The Kier molecular flexibility index (Phi) is 5.53. The van der Waals surface area contributed by atoms with E-state index in [1.165, 1.54) is 12.1 Å². The molecule has 3 rings (SSSR count). The molecule has 1 amide bonds. The fourth-order valence-corrected chi connectivity index (χ4v) is 3.53. The zero-order valence-corrected chi connectivity index (χ0v) is 16.1. The van der Waals surface area contributed by atoms with Gasteiger partial charge in [-0.25, -0.2) is 4.39 Å². The summed E-state index contributed by atoms with van der Waals surface area (Å²) in [6.07, 6.45) is 0.427. The molecule has 0 saturated heterocycles. The molecule has 0 bridgehead atoms. The summed E-state index contributed by atoms with van der Waals surface area (Å²) in [7, 11) is 0. The van der Waals surface area contributed by atoms with Crippen LogP contribution < -0.4 is 5.73 Å². The van der Waals surface area contributed by atoms with Crippen molar-refractivity contribution in [2.24, 2.45) is 5.73 Å². The highest BCUT2D eigenvalue weighted by Gasteiger charge is 2.31. The molecule has 4 nitrogen and oxygen atoms in total. The maximum absolute atomic E-state index is 13.1. The number of carbonyl (C=O) groups is 1. The van der Waals surface area contributed by atoms with Crippen LogP contribution in [0.15, 0.2) is 53.7 Å². The van der Waals surface area contributed by atoms with Gasteiger partial charge in [0.25, 0.3) is 5.91 Å². The van der Waals surface area contributed by atoms with Crippen molar-refractivity contribution < 1.29 is 9.18 Å². The number of nitrogens with one attached hydrogen (secondary N) is 1. The molecular weight excluding hydrogens is 388 g/mol. The molecule has 0 fully saturated rings. The summed E-state index contributed by atoms with van der Waals surface area (Å²) in [6.45, 7) is 2.20. The predicted octanol–water partition coefficient (Wildman–Crippen LogP) is 4.65. The second-order valence-corrected chi connectivity index (χ2v) is 7.13. The molecular formula is C20H18Cl2FN3O. The van der Waals surface area contributed by atoms with E-state index in [9.17, 15) is 9.18 Å². The molecule has 0 saturated carbocycles. The van der Waals surface area contributed by atoms with Gasteiger partial charge in [0.1, 0.15) is 5.82 Å². The maximum Gasteiger partial charge on any atom is 0.255 e. The van der Waals surface area contributed by atoms with Crippen molar-refractivity contribution in [3.05, 3.63) is 80.7 Å². The standard InChI is InChI=1S/C20H18Cl2FN3O/c1-11-18(24)15(19(25)12-5-7-13(23)8-6-12)9-10-26(11)20(27)14-3-2-4-16(21)17(14)22/h2-8,11,25H,9-10,24H2,1H3. The van der Waals surface area contributed by atoms with Gasteiger partial charge in [0.15, 0.2) is 0 Å². The summed E-state index contributed by atoms with van der Waals surface area (Å²) in [5, 5.41) is 8.94. The molecule has 1 aliphatic heterocycles. The van der Waals surface area contributed by atoms with Crippen LogP contribution in [-0.2, 0) is 0 Å². The van der Waals surface area contributed by atoms with Crippen molar-refractivity contribution in [1.29, 1.82) is 5.41 Å². The average Bonchev–Trinajstić information content (AvgIpc) is 2.66. The van der Waals surface area contributed by atoms with Gasteiger partial charge in [0, 0.05) is 17.8 Å². The Morgan fingerprint density at radius 1 is 1.22 bits per heavy atom. The van der Waals surface area contributed by atoms with Crippen LogP contribution in [0.5, 0.6) is 0 Å². The largest absolute Gasteiger partial charge is 0.400 e. The van der Waals surface area contributed by atoms with Gasteiger partial charge >= 0.3 is 0 Å². The van der Waals surface area contributed by atoms with E-state index in [4.69, 9.17) is 34.3 Å². The first-order chi connectivity index (χ1) is 12.8. The summed E-state index contributed by atoms with van der Waals surface area (Å²) in [5.41, 5.74) is 8.53. The minimum absolute atomic E-state index is 0.212. The minimum atomic E-state index is -0.405. The lowest BCUT2D eigenvalue weighted by atomic mass is 9.91. The van der Waals surface area contributed by atoms with Crippen molar-refractivity contribution in [3.63, 3.8) is 0 Å². The van der Waals surface area contributed by atoms with E-state index in [0.717, 1.165) is 0 Å². The normalized spacial score (nSPS) is 17.2. The molecule has 0 aliphatic carbocycles. The number of nitrogens with zero attached hydrogens (tertiary/aromatic N) is 1. The molecule has 1 atom stereocenters. The predicted molar refractivity (Wildman–Crippen MR) is 106 cm³/mol. The van der Waals surface area contributed by atoms with Crippen molar-refractivity contribution in [1.82, 2.24) is 4.90 Å². The van der Waals surface area contributed by atoms with Gasteiger partial charge in [0.05, 0.1) is 27.4 Å². The topological polar surface area (TPSA) is 70.2 Å². The molecule has 0 spiro atoms. The maximum atomic E-state index is 13.1. The average molecular weight is 406 g/mol. The molecule has 2 aromatic carbocycles. The second kappa shape index (κ2) is 7.71. The van der Waals surface area contributed by atoms with Crippen LogP contribution in [-0.4, -0.2) is 29.1 Å². The third-order valence-electron chi connectivity index (χ3n) is 4.75. The van der Waals surface area contributed by atoms with Gasteiger partial charge in [0.2, 0.25) is 0 Å². The van der Waals surface area contributed by atoms with Crippen LogP contribution in [0.25, 0.3) is 0 Å². The molecule has 0 aromatic heterocycles. The van der Waals surface area contributed by atoms with Crippen molar-refractivity contribution in [2.45, 2.75) is 19.4 Å². The highest BCUT2D eigenvalue weighted by molar-refractivity contribution is 6.43. The van der Waals surface area contributed by atoms with Gasteiger partial charge in [-0.3, -0.25) is 10.2 Å². The second-order valence-electron chi connectivity index (χ2n) is 6.34. The first-order valence-electron chi connectivity index (χ1n) is 8.39. The van der Waals surface area contributed by atoms with Crippen LogP contribution in [0, 0.1) is 11.2 Å². The summed E-state index contributed by atoms with van der Waals surface area (Å²) in [5.74, 6) is -0.619. The fraction of sp³-hybridized carbons (Fsp3) is 0.200. The number of nitrogens with two attached hydrogens (primary N) is 1. The van der Waals surface area contributed by atoms with Crippen LogP contribution in [0.1, 0.15) is 29.3 Å². The highest BCUT2D eigenvalue weighted by Crippen LogP contribution is 2.30. The van der Waals surface area contributed by atoms with E-state index in [-0.39, 0.29) is 22.5 Å². The molecule has 1 heterocycles. The molecule has 27 heavy (non-hydrogen) atoms. The molecule has 7 heteroatoms. The van der Waals surface area contributed by atoms with E-state index in [2.05, 4.69) is 0 Å². The van der Waals surface area contributed by atoms with E-state index in [1.54, 1.807) is 35.2 Å². The number of benzene rings is 2. The summed E-state index contributed by atoms with van der Waals surface area (Å²) < 4.78 is 13.1. The third kappa shape index (κ3) is 3.70. The Balaban J connectivity index is 1.88. The Labute approximate surface area is 166 Å². The molecule has 3 N–H and O–H groups in total. The van der Waals surface area contributed by atoms with E-state index in [1.807, 2.05) is 6.92 Å². The SMILES string of the molecule is CC1C(N)=C(C(=N)c2ccc(F)cc2)CCN1C(=O)c1cccc(Cl)c1Cl. The van der Waals surface area contributed by atoms with Crippen molar-refractivity contribution in [3.8, 4) is 0 Å². The Bertz CT molecular complexity index is 941. The highest BCUT2D eigenvalue weighted by atomic mass is 35.5. The number of rotatable bonds is 3. The first-order valence-corrected chi connectivity index (χ1v) is 9.15. The number of hydrogen-bond acceptors (Lipinski definition) is 3. The molecule has 1 aliphatic rings. The van der Waals surface area contributed by atoms with Gasteiger partial charge < -0.3 is 10.6 Å². The first kappa shape index (κ1) is 19.4. The third-order valence-corrected chi connectivity index (χ3v) is 5.57.